The normalized spacial score (nSPS) is 10.0. The van der Waals surface area contributed by atoms with E-state index in [0.717, 1.165) is 25.8 Å². The first-order valence-corrected chi connectivity index (χ1v) is 5.08. The van der Waals surface area contributed by atoms with Crippen LogP contribution >= 0.6 is 0 Å². The van der Waals surface area contributed by atoms with Gasteiger partial charge in [-0.3, -0.25) is 0 Å². The number of hydrogen-bond acceptors (Lipinski definition) is 5. The van der Waals surface area contributed by atoms with E-state index < -0.39 is 0 Å². The quantitative estimate of drug-likeness (QED) is 0.660. The van der Waals surface area contributed by atoms with Crippen LogP contribution in [-0.2, 0) is 0 Å². The van der Waals surface area contributed by atoms with E-state index in [2.05, 4.69) is 15.3 Å². The zero-order valence-electron chi connectivity index (χ0n) is 8.94. The number of ether oxygens (including phenoxy) is 1. The number of aromatic nitrogens is 2. The number of hydrogen-bond donors (Lipinski definition) is 2. The fraction of sp³-hybridized carbons (Fsp3) is 0.600. The van der Waals surface area contributed by atoms with Crippen molar-refractivity contribution in [1.29, 1.82) is 0 Å². The van der Waals surface area contributed by atoms with Gasteiger partial charge in [-0.25, -0.2) is 4.98 Å². The molecule has 0 aliphatic carbocycles. The van der Waals surface area contributed by atoms with E-state index in [1.54, 1.807) is 19.4 Å². The largest absolute Gasteiger partial charge is 0.481 e. The van der Waals surface area contributed by atoms with Crippen molar-refractivity contribution in [2.24, 2.45) is 0 Å². The van der Waals surface area contributed by atoms with Crippen LogP contribution in [0, 0.1) is 0 Å². The molecule has 0 radical (unpaired) electrons. The van der Waals surface area contributed by atoms with Crippen LogP contribution in [0.2, 0.25) is 0 Å². The standard InChI is InChI=1S/C10H17N3O2/c1-15-9-5-7-12-10(13-9)11-6-3-2-4-8-14/h5,7,14H,2-4,6,8H2,1H3,(H,11,12,13). The molecule has 0 spiro atoms. The van der Waals surface area contributed by atoms with Gasteiger partial charge in [0.25, 0.3) is 0 Å². The lowest BCUT2D eigenvalue weighted by atomic mass is 10.2. The summed E-state index contributed by atoms with van der Waals surface area (Å²) in [4.78, 5) is 8.17. The zero-order chi connectivity index (χ0) is 10.9. The Kier molecular flexibility index (Phi) is 5.47. The zero-order valence-corrected chi connectivity index (χ0v) is 8.94. The molecular weight excluding hydrogens is 194 g/mol. The Morgan fingerprint density at radius 3 is 3.00 bits per heavy atom. The maximum Gasteiger partial charge on any atom is 0.225 e. The second-order valence-electron chi connectivity index (χ2n) is 3.13. The second-order valence-corrected chi connectivity index (χ2v) is 3.13. The maximum atomic E-state index is 8.59. The van der Waals surface area contributed by atoms with Crippen molar-refractivity contribution in [3.8, 4) is 5.88 Å². The Morgan fingerprint density at radius 2 is 2.27 bits per heavy atom. The van der Waals surface area contributed by atoms with Gasteiger partial charge in [0.15, 0.2) is 0 Å². The van der Waals surface area contributed by atoms with E-state index in [1.165, 1.54) is 0 Å². The lowest BCUT2D eigenvalue weighted by Crippen LogP contribution is -2.05. The molecular formula is C10H17N3O2. The molecule has 0 aliphatic heterocycles. The SMILES string of the molecule is COc1ccnc(NCCCCCO)n1. The van der Waals surface area contributed by atoms with Crippen molar-refractivity contribution in [1.82, 2.24) is 9.97 Å². The average Bonchev–Trinajstić information content (AvgIpc) is 2.29. The molecule has 0 amide bonds. The van der Waals surface area contributed by atoms with E-state index in [4.69, 9.17) is 9.84 Å². The summed E-state index contributed by atoms with van der Waals surface area (Å²) < 4.78 is 4.98. The summed E-state index contributed by atoms with van der Waals surface area (Å²) in [5.74, 6) is 1.14. The van der Waals surface area contributed by atoms with Crippen molar-refractivity contribution >= 4 is 5.95 Å². The van der Waals surface area contributed by atoms with E-state index in [1.807, 2.05) is 0 Å². The molecule has 2 N–H and O–H groups in total. The third kappa shape index (κ3) is 4.60. The second kappa shape index (κ2) is 7.00. The van der Waals surface area contributed by atoms with Gasteiger partial charge in [-0.15, -0.1) is 0 Å². The highest BCUT2D eigenvalue weighted by Gasteiger charge is 1.97. The van der Waals surface area contributed by atoms with E-state index >= 15 is 0 Å². The molecule has 0 saturated heterocycles. The molecule has 0 aromatic carbocycles. The minimum absolute atomic E-state index is 0.260. The van der Waals surface area contributed by atoms with Gasteiger partial charge in [-0.05, 0) is 19.3 Å². The Labute approximate surface area is 89.5 Å². The van der Waals surface area contributed by atoms with Gasteiger partial charge in [0.2, 0.25) is 11.8 Å². The summed E-state index contributed by atoms with van der Waals surface area (Å²) >= 11 is 0. The number of unbranched alkanes of at least 4 members (excludes halogenated alkanes) is 2. The molecule has 5 nitrogen and oxygen atoms in total. The Bertz CT molecular complexity index is 281. The summed E-state index contributed by atoms with van der Waals surface area (Å²) in [6.45, 7) is 1.07. The van der Waals surface area contributed by atoms with Gasteiger partial charge in [0.05, 0.1) is 7.11 Å². The molecule has 0 saturated carbocycles. The summed E-state index contributed by atoms with van der Waals surface area (Å²) in [5.41, 5.74) is 0. The molecule has 1 aromatic rings. The number of anilines is 1. The lowest BCUT2D eigenvalue weighted by Gasteiger charge is -2.05. The van der Waals surface area contributed by atoms with E-state index in [0.29, 0.717) is 11.8 Å². The third-order valence-corrected chi connectivity index (χ3v) is 1.96. The summed E-state index contributed by atoms with van der Waals surface area (Å²) in [5, 5.41) is 11.7. The number of rotatable bonds is 7. The van der Waals surface area contributed by atoms with Gasteiger partial charge in [-0.1, -0.05) is 0 Å². The molecule has 84 valence electrons. The number of methoxy groups -OCH3 is 1. The number of aliphatic hydroxyl groups is 1. The van der Waals surface area contributed by atoms with E-state index in [-0.39, 0.29) is 6.61 Å². The van der Waals surface area contributed by atoms with Crippen LogP contribution in [0.4, 0.5) is 5.95 Å². The van der Waals surface area contributed by atoms with Crippen LogP contribution in [0.1, 0.15) is 19.3 Å². The monoisotopic (exact) mass is 211 g/mol. The molecule has 0 fully saturated rings. The van der Waals surface area contributed by atoms with Gasteiger partial charge in [0.1, 0.15) is 0 Å². The predicted octanol–water partition coefficient (Wildman–Crippen LogP) is 1.06. The van der Waals surface area contributed by atoms with Crippen molar-refractivity contribution < 1.29 is 9.84 Å². The van der Waals surface area contributed by atoms with Crippen LogP contribution in [-0.4, -0.2) is 35.3 Å². The van der Waals surface area contributed by atoms with Gasteiger partial charge >= 0.3 is 0 Å². The molecule has 0 aliphatic rings. The van der Waals surface area contributed by atoms with Crippen LogP contribution in [0.3, 0.4) is 0 Å². The van der Waals surface area contributed by atoms with E-state index in [9.17, 15) is 0 Å². The van der Waals surface area contributed by atoms with Crippen LogP contribution in [0.5, 0.6) is 5.88 Å². The molecule has 1 aromatic heterocycles. The maximum absolute atomic E-state index is 8.59. The molecule has 1 rings (SSSR count). The number of aliphatic hydroxyl groups excluding tert-OH is 1. The highest BCUT2D eigenvalue weighted by molar-refractivity contribution is 5.26. The summed E-state index contributed by atoms with van der Waals surface area (Å²) in [6.07, 6.45) is 4.51. The Hall–Kier alpha value is -1.36. The van der Waals surface area contributed by atoms with Crippen LogP contribution in [0.15, 0.2) is 12.3 Å². The number of nitrogens with zero attached hydrogens (tertiary/aromatic N) is 2. The number of nitrogens with one attached hydrogen (secondary N) is 1. The van der Waals surface area contributed by atoms with Crippen LogP contribution < -0.4 is 10.1 Å². The Morgan fingerprint density at radius 1 is 1.40 bits per heavy atom. The summed E-state index contributed by atoms with van der Waals surface area (Å²) in [7, 11) is 1.58. The first-order chi connectivity index (χ1) is 7.36. The van der Waals surface area contributed by atoms with Crippen molar-refractivity contribution in [3.05, 3.63) is 12.3 Å². The topological polar surface area (TPSA) is 67.3 Å². The minimum Gasteiger partial charge on any atom is -0.481 e. The third-order valence-electron chi connectivity index (χ3n) is 1.96. The molecule has 0 bridgehead atoms. The predicted molar refractivity (Wildman–Crippen MR) is 58.0 cm³/mol. The highest BCUT2D eigenvalue weighted by Crippen LogP contribution is 2.07. The average molecular weight is 211 g/mol. The highest BCUT2D eigenvalue weighted by atomic mass is 16.5. The lowest BCUT2D eigenvalue weighted by molar-refractivity contribution is 0.283. The van der Waals surface area contributed by atoms with Crippen molar-refractivity contribution in [2.45, 2.75) is 19.3 Å². The molecule has 5 heteroatoms. The van der Waals surface area contributed by atoms with Crippen molar-refractivity contribution in [3.63, 3.8) is 0 Å². The van der Waals surface area contributed by atoms with Gasteiger partial charge in [0, 0.05) is 25.4 Å². The molecule has 0 atom stereocenters. The smallest absolute Gasteiger partial charge is 0.225 e. The fourth-order valence-electron chi connectivity index (χ4n) is 1.15. The summed E-state index contributed by atoms with van der Waals surface area (Å²) in [6, 6.07) is 1.71. The molecule has 1 heterocycles. The Balaban J connectivity index is 2.24. The van der Waals surface area contributed by atoms with Gasteiger partial charge in [-0.2, -0.15) is 4.98 Å². The van der Waals surface area contributed by atoms with Crippen LogP contribution in [0.25, 0.3) is 0 Å². The molecule has 0 unspecified atom stereocenters. The minimum atomic E-state index is 0.260. The van der Waals surface area contributed by atoms with Crippen molar-refractivity contribution in [2.75, 3.05) is 25.6 Å². The first kappa shape index (κ1) is 11.7. The van der Waals surface area contributed by atoms with Gasteiger partial charge < -0.3 is 15.2 Å². The fourth-order valence-corrected chi connectivity index (χ4v) is 1.15. The first-order valence-electron chi connectivity index (χ1n) is 5.08. The molecule has 15 heavy (non-hydrogen) atoms.